The van der Waals surface area contributed by atoms with Gasteiger partial charge in [0.25, 0.3) is 0 Å². The molecule has 2 heterocycles. The fraction of sp³-hybridized carbons (Fsp3) is 0.316. The molecule has 2 aromatic carbocycles. The summed E-state index contributed by atoms with van der Waals surface area (Å²) in [6.45, 7) is 5.58. The number of nitrogens with zero attached hydrogens (tertiary/aromatic N) is 2. The van der Waals surface area contributed by atoms with E-state index < -0.39 is 0 Å². The highest BCUT2D eigenvalue weighted by molar-refractivity contribution is 8.16. The van der Waals surface area contributed by atoms with E-state index in [9.17, 15) is 0 Å². The summed E-state index contributed by atoms with van der Waals surface area (Å²) in [5, 5.41) is 6.02. The average molecular weight is 308 g/mol. The highest BCUT2D eigenvalue weighted by Gasteiger charge is 2.32. The molecule has 0 unspecified atom stereocenters. The third-order valence-corrected chi connectivity index (χ3v) is 5.15. The second kappa shape index (κ2) is 5.47. The van der Waals surface area contributed by atoms with E-state index in [-0.39, 0.29) is 0 Å². The predicted octanol–water partition coefficient (Wildman–Crippen LogP) is 4.97. The fourth-order valence-corrected chi connectivity index (χ4v) is 4.26. The molecule has 0 saturated heterocycles. The zero-order valence-corrected chi connectivity index (χ0v) is 13.8. The van der Waals surface area contributed by atoms with Crippen LogP contribution < -0.4 is 0 Å². The molecule has 0 aliphatic carbocycles. The summed E-state index contributed by atoms with van der Waals surface area (Å²) in [6.07, 6.45) is 1.17. The topological polar surface area (TPSA) is 15.6 Å². The van der Waals surface area contributed by atoms with Gasteiger partial charge in [0.05, 0.1) is 11.7 Å². The Morgan fingerprint density at radius 3 is 2.82 bits per heavy atom. The van der Waals surface area contributed by atoms with Crippen molar-refractivity contribution in [2.45, 2.75) is 26.3 Å². The zero-order chi connectivity index (χ0) is 15.1. The van der Waals surface area contributed by atoms with Crippen LogP contribution >= 0.6 is 11.8 Å². The Kier molecular flexibility index (Phi) is 3.45. The zero-order valence-electron chi connectivity index (χ0n) is 13.0. The van der Waals surface area contributed by atoms with Crippen molar-refractivity contribution < 1.29 is 0 Å². The number of amidine groups is 1. The van der Waals surface area contributed by atoms with Gasteiger partial charge in [-0.25, -0.2) is 0 Å². The van der Waals surface area contributed by atoms with Crippen molar-refractivity contribution in [2.24, 2.45) is 10.9 Å². The number of hydrogen-bond acceptors (Lipinski definition) is 3. The first-order chi connectivity index (χ1) is 10.7. The SMILES string of the molecule is CC(C)C[C@@H]1CN2C(c3ccc4ccccc4c3)=CSC2=N1. The second-order valence-corrected chi connectivity index (χ2v) is 7.33. The van der Waals surface area contributed by atoms with Crippen molar-refractivity contribution in [3.05, 3.63) is 53.4 Å². The maximum absolute atomic E-state index is 4.88. The first-order valence-corrected chi connectivity index (χ1v) is 8.80. The van der Waals surface area contributed by atoms with E-state index in [4.69, 9.17) is 4.99 Å². The molecular formula is C19H20N2S. The van der Waals surface area contributed by atoms with Gasteiger partial charge in [-0.05, 0) is 34.7 Å². The summed E-state index contributed by atoms with van der Waals surface area (Å²) in [5.74, 6) is 0.701. The maximum atomic E-state index is 4.88. The molecule has 3 heteroatoms. The van der Waals surface area contributed by atoms with Crippen LogP contribution in [0.3, 0.4) is 0 Å². The summed E-state index contributed by atoms with van der Waals surface area (Å²) in [6, 6.07) is 15.7. The third kappa shape index (κ3) is 2.44. The minimum Gasteiger partial charge on any atom is -0.318 e. The molecule has 0 N–H and O–H groups in total. The van der Waals surface area contributed by atoms with Crippen LogP contribution in [-0.4, -0.2) is 22.7 Å². The van der Waals surface area contributed by atoms with Crippen LogP contribution in [-0.2, 0) is 0 Å². The Morgan fingerprint density at radius 2 is 2.00 bits per heavy atom. The van der Waals surface area contributed by atoms with E-state index in [1.165, 1.54) is 33.6 Å². The Bertz CT molecular complexity index is 776. The minimum atomic E-state index is 0.451. The standard InChI is InChI=1S/C19H20N2S/c1-13(2)9-17-11-21-18(12-22-19(21)20-17)16-8-7-14-5-3-4-6-15(14)10-16/h3-8,10,12-13,17H,9,11H2,1-2H3/t17-/m1/s1. The van der Waals surface area contributed by atoms with E-state index in [1.807, 2.05) is 0 Å². The largest absolute Gasteiger partial charge is 0.318 e. The molecule has 0 bridgehead atoms. The lowest BCUT2D eigenvalue weighted by Gasteiger charge is -2.19. The van der Waals surface area contributed by atoms with Gasteiger partial charge < -0.3 is 4.90 Å². The average Bonchev–Trinajstić information content (AvgIpc) is 3.06. The molecule has 0 amide bonds. The molecule has 22 heavy (non-hydrogen) atoms. The summed E-state index contributed by atoms with van der Waals surface area (Å²) in [7, 11) is 0. The summed E-state index contributed by atoms with van der Waals surface area (Å²) < 4.78 is 0. The van der Waals surface area contributed by atoms with Gasteiger partial charge in [-0.3, -0.25) is 4.99 Å². The number of thioether (sulfide) groups is 1. The predicted molar refractivity (Wildman–Crippen MR) is 96.9 cm³/mol. The maximum Gasteiger partial charge on any atom is 0.168 e. The van der Waals surface area contributed by atoms with Crippen LogP contribution in [0.4, 0.5) is 0 Å². The van der Waals surface area contributed by atoms with Crippen LogP contribution in [0.1, 0.15) is 25.8 Å². The lowest BCUT2D eigenvalue weighted by molar-refractivity contribution is 0.466. The Balaban J connectivity index is 1.62. The van der Waals surface area contributed by atoms with Crippen LogP contribution in [0, 0.1) is 5.92 Å². The fourth-order valence-electron chi connectivity index (χ4n) is 3.27. The van der Waals surface area contributed by atoms with E-state index in [0.717, 1.165) is 6.54 Å². The molecule has 4 rings (SSSR count). The van der Waals surface area contributed by atoms with Gasteiger partial charge in [-0.15, -0.1) is 0 Å². The molecule has 0 radical (unpaired) electrons. The van der Waals surface area contributed by atoms with Gasteiger partial charge in [0, 0.05) is 12.0 Å². The minimum absolute atomic E-state index is 0.451. The lowest BCUT2D eigenvalue weighted by atomic mass is 10.0. The van der Waals surface area contributed by atoms with Gasteiger partial charge in [0.1, 0.15) is 0 Å². The van der Waals surface area contributed by atoms with Crippen LogP contribution in [0.2, 0.25) is 0 Å². The quantitative estimate of drug-likeness (QED) is 0.795. The summed E-state index contributed by atoms with van der Waals surface area (Å²) in [4.78, 5) is 7.27. The molecule has 2 aliphatic heterocycles. The van der Waals surface area contributed by atoms with Crippen LogP contribution in [0.5, 0.6) is 0 Å². The van der Waals surface area contributed by atoms with Gasteiger partial charge in [-0.1, -0.05) is 62.0 Å². The van der Waals surface area contributed by atoms with Crippen molar-refractivity contribution in [1.29, 1.82) is 0 Å². The van der Waals surface area contributed by atoms with E-state index >= 15 is 0 Å². The number of aliphatic imine (C=N–C) groups is 1. The summed E-state index contributed by atoms with van der Waals surface area (Å²) in [5.41, 5.74) is 2.60. The Labute approximate surface area is 135 Å². The van der Waals surface area contributed by atoms with Gasteiger partial charge in [0.15, 0.2) is 5.17 Å². The van der Waals surface area contributed by atoms with Crippen molar-refractivity contribution in [2.75, 3.05) is 6.54 Å². The molecule has 2 aromatic rings. The van der Waals surface area contributed by atoms with Crippen molar-refractivity contribution in [3.63, 3.8) is 0 Å². The Hall–Kier alpha value is -1.74. The van der Waals surface area contributed by atoms with E-state index in [0.29, 0.717) is 12.0 Å². The van der Waals surface area contributed by atoms with Gasteiger partial charge >= 0.3 is 0 Å². The number of hydrogen-bond donors (Lipinski definition) is 0. The lowest BCUT2D eigenvalue weighted by Crippen LogP contribution is -2.23. The molecular weight excluding hydrogens is 288 g/mol. The molecule has 0 saturated carbocycles. The molecule has 2 nitrogen and oxygen atoms in total. The van der Waals surface area contributed by atoms with Crippen molar-refractivity contribution in [3.8, 4) is 0 Å². The highest BCUT2D eigenvalue weighted by Crippen LogP contribution is 2.38. The molecule has 1 atom stereocenters. The first kappa shape index (κ1) is 13.9. The second-order valence-electron chi connectivity index (χ2n) is 6.49. The molecule has 112 valence electrons. The first-order valence-electron chi connectivity index (χ1n) is 7.92. The highest BCUT2D eigenvalue weighted by atomic mass is 32.2. The van der Waals surface area contributed by atoms with E-state index in [1.54, 1.807) is 11.8 Å². The number of benzene rings is 2. The number of fused-ring (bicyclic) bond motifs is 2. The molecule has 0 fully saturated rings. The monoisotopic (exact) mass is 308 g/mol. The Morgan fingerprint density at radius 1 is 1.18 bits per heavy atom. The molecule has 0 spiro atoms. The molecule has 0 aromatic heterocycles. The summed E-state index contributed by atoms with van der Waals surface area (Å²) >= 11 is 1.77. The van der Waals surface area contributed by atoms with Crippen molar-refractivity contribution >= 4 is 33.4 Å². The smallest absolute Gasteiger partial charge is 0.168 e. The van der Waals surface area contributed by atoms with Gasteiger partial charge in [-0.2, -0.15) is 0 Å². The number of rotatable bonds is 3. The van der Waals surface area contributed by atoms with E-state index in [2.05, 4.69) is 66.6 Å². The normalized spacial score (nSPS) is 20.5. The van der Waals surface area contributed by atoms with Crippen LogP contribution in [0.25, 0.3) is 16.5 Å². The molecule has 2 aliphatic rings. The van der Waals surface area contributed by atoms with Gasteiger partial charge in [0.2, 0.25) is 0 Å². The van der Waals surface area contributed by atoms with Crippen molar-refractivity contribution in [1.82, 2.24) is 4.90 Å². The third-order valence-electron chi connectivity index (χ3n) is 4.27. The van der Waals surface area contributed by atoms with Crippen LogP contribution in [0.15, 0.2) is 52.9 Å².